The Kier molecular flexibility index (Phi) is 2.75. The summed E-state index contributed by atoms with van der Waals surface area (Å²) in [5, 5.41) is 2.98. The molecule has 0 radical (unpaired) electrons. The molecule has 1 aliphatic rings. The molecule has 0 saturated carbocycles. The van der Waals surface area contributed by atoms with Crippen molar-refractivity contribution >= 4 is 23.6 Å². The van der Waals surface area contributed by atoms with Gasteiger partial charge in [0.2, 0.25) is 5.91 Å². The number of thioether (sulfide) groups is 1. The Morgan fingerprint density at radius 1 is 1.75 bits per heavy atom. The Morgan fingerprint density at radius 2 is 2.42 bits per heavy atom. The summed E-state index contributed by atoms with van der Waals surface area (Å²) >= 11 is 1.32. The van der Waals surface area contributed by atoms with Gasteiger partial charge in [0.1, 0.15) is 0 Å². The van der Waals surface area contributed by atoms with Crippen molar-refractivity contribution < 1.29 is 14.3 Å². The largest absolute Gasteiger partial charge is 0.466 e. The molecule has 4 nitrogen and oxygen atoms in total. The fourth-order valence-corrected chi connectivity index (χ4v) is 1.60. The standard InChI is InChI=1S/C7H9NO3S/c1-4-7(10)8-5(12-4)3-6(9)11-2/h3-4H,1-2H3,(H,8,10)/b5-3-/t4-/m1/s1. The number of hydrogen-bond donors (Lipinski definition) is 1. The SMILES string of the molecule is COC(=O)/C=C1/NC(=O)[C@@H](C)S1. The summed E-state index contributed by atoms with van der Waals surface area (Å²) in [5.41, 5.74) is 0. The molecule has 1 heterocycles. The molecule has 1 aliphatic heterocycles. The lowest BCUT2D eigenvalue weighted by molar-refractivity contribution is -0.134. The lowest BCUT2D eigenvalue weighted by Gasteiger charge is -1.93. The van der Waals surface area contributed by atoms with E-state index in [1.807, 2.05) is 0 Å². The summed E-state index contributed by atoms with van der Waals surface area (Å²) in [4.78, 5) is 21.6. The average Bonchev–Trinajstić information content (AvgIpc) is 2.31. The van der Waals surface area contributed by atoms with Crippen molar-refractivity contribution in [1.29, 1.82) is 0 Å². The fraction of sp³-hybridized carbons (Fsp3) is 0.429. The van der Waals surface area contributed by atoms with E-state index in [0.29, 0.717) is 5.03 Å². The molecule has 0 bridgehead atoms. The van der Waals surface area contributed by atoms with Crippen LogP contribution in [0.3, 0.4) is 0 Å². The zero-order valence-corrected chi connectivity index (χ0v) is 7.60. The van der Waals surface area contributed by atoms with Gasteiger partial charge < -0.3 is 10.1 Å². The van der Waals surface area contributed by atoms with E-state index in [1.54, 1.807) is 6.92 Å². The first-order chi connectivity index (χ1) is 5.63. The van der Waals surface area contributed by atoms with E-state index in [-0.39, 0.29) is 11.2 Å². The molecular formula is C7H9NO3S. The monoisotopic (exact) mass is 187 g/mol. The number of hydrogen-bond acceptors (Lipinski definition) is 4. The van der Waals surface area contributed by atoms with Crippen LogP contribution in [0.4, 0.5) is 0 Å². The van der Waals surface area contributed by atoms with Crippen LogP contribution < -0.4 is 5.32 Å². The van der Waals surface area contributed by atoms with Gasteiger partial charge in [0.25, 0.3) is 0 Å². The molecule has 0 aromatic carbocycles. The van der Waals surface area contributed by atoms with Crippen LogP contribution in [-0.2, 0) is 14.3 Å². The molecule has 66 valence electrons. The summed E-state index contributed by atoms with van der Waals surface area (Å²) in [6, 6.07) is 0. The summed E-state index contributed by atoms with van der Waals surface area (Å²) in [6.07, 6.45) is 1.27. The van der Waals surface area contributed by atoms with E-state index < -0.39 is 5.97 Å². The Balaban J connectivity index is 2.62. The number of rotatable bonds is 1. The summed E-state index contributed by atoms with van der Waals surface area (Å²) in [5.74, 6) is -0.526. The van der Waals surface area contributed by atoms with Gasteiger partial charge in [0.05, 0.1) is 23.5 Å². The second-order valence-corrected chi connectivity index (χ2v) is 3.66. The smallest absolute Gasteiger partial charge is 0.333 e. The average molecular weight is 187 g/mol. The summed E-state index contributed by atoms with van der Waals surface area (Å²) in [6.45, 7) is 1.78. The third-order valence-corrected chi connectivity index (χ3v) is 2.41. The van der Waals surface area contributed by atoms with Gasteiger partial charge in [-0.2, -0.15) is 0 Å². The van der Waals surface area contributed by atoms with E-state index in [0.717, 1.165) is 0 Å². The highest BCUT2D eigenvalue weighted by Crippen LogP contribution is 2.25. The van der Waals surface area contributed by atoms with Crippen LogP contribution in [-0.4, -0.2) is 24.2 Å². The van der Waals surface area contributed by atoms with Gasteiger partial charge in [0.15, 0.2) is 0 Å². The van der Waals surface area contributed by atoms with Crippen LogP contribution >= 0.6 is 11.8 Å². The van der Waals surface area contributed by atoms with Crippen molar-refractivity contribution in [3.8, 4) is 0 Å². The van der Waals surface area contributed by atoms with Crippen LogP contribution in [0, 0.1) is 0 Å². The molecule has 0 aliphatic carbocycles. The van der Waals surface area contributed by atoms with E-state index in [2.05, 4.69) is 10.1 Å². The molecule has 12 heavy (non-hydrogen) atoms. The number of amides is 1. The van der Waals surface area contributed by atoms with Gasteiger partial charge in [0, 0.05) is 0 Å². The minimum atomic E-state index is -0.452. The molecule has 1 rings (SSSR count). The van der Waals surface area contributed by atoms with Crippen molar-refractivity contribution in [2.45, 2.75) is 12.2 Å². The number of ether oxygens (including phenoxy) is 1. The van der Waals surface area contributed by atoms with Crippen molar-refractivity contribution in [3.05, 3.63) is 11.1 Å². The molecule has 0 aromatic rings. The maximum absolute atomic E-state index is 10.9. The minimum Gasteiger partial charge on any atom is -0.466 e. The highest BCUT2D eigenvalue weighted by atomic mass is 32.2. The van der Waals surface area contributed by atoms with Crippen molar-refractivity contribution in [2.24, 2.45) is 0 Å². The molecule has 1 saturated heterocycles. The van der Waals surface area contributed by atoms with Gasteiger partial charge >= 0.3 is 5.97 Å². The maximum Gasteiger partial charge on any atom is 0.333 e. The van der Waals surface area contributed by atoms with Crippen LogP contribution in [0.5, 0.6) is 0 Å². The first-order valence-corrected chi connectivity index (χ1v) is 4.28. The van der Waals surface area contributed by atoms with E-state index in [4.69, 9.17) is 0 Å². The number of nitrogens with one attached hydrogen (secondary N) is 1. The topological polar surface area (TPSA) is 55.4 Å². The van der Waals surface area contributed by atoms with Crippen LogP contribution in [0.25, 0.3) is 0 Å². The second-order valence-electron chi connectivity index (χ2n) is 2.28. The molecule has 1 amide bonds. The second kappa shape index (κ2) is 3.62. The van der Waals surface area contributed by atoms with Crippen LogP contribution in [0.1, 0.15) is 6.92 Å². The quantitative estimate of drug-likeness (QED) is 0.472. The van der Waals surface area contributed by atoms with Gasteiger partial charge in [-0.05, 0) is 6.92 Å². The number of esters is 1. The predicted octanol–water partition coefficient (Wildman–Crippen LogP) is 0.252. The van der Waals surface area contributed by atoms with Crippen LogP contribution in [0.2, 0.25) is 0 Å². The van der Waals surface area contributed by atoms with E-state index >= 15 is 0 Å². The molecule has 1 atom stereocenters. The number of carbonyl (C=O) groups excluding carboxylic acids is 2. The number of methoxy groups -OCH3 is 1. The first-order valence-electron chi connectivity index (χ1n) is 3.40. The fourth-order valence-electron chi connectivity index (χ4n) is 0.733. The lowest BCUT2D eigenvalue weighted by Crippen LogP contribution is -2.19. The number of carbonyl (C=O) groups is 2. The molecule has 0 aromatic heterocycles. The Labute approximate surface area is 74.3 Å². The van der Waals surface area contributed by atoms with Crippen molar-refractivity contribution in [2.75, 3.05) is 7.11 Å². The van der Waals surface area contributed by atoms with Gasteiger partial charge in [-0.3, -0.25) is 4.79 Å². The first kappa shape index (κ1) is 9.12. The molecular weight excluding hydrogens is 178 g/mol. The Bertz CT molecular complexity index is 249. The molecule has 0 unspecified atom stereocenters. The van der Waals surface area contributed by atoms with E-state index in [9.17, 15) is 9.59 Å². The third kappa shape index (κ3) is 2.01. The van der Waals surface area contributed by atoms with Crippen molar-refractivity contribution in [3.63, 3.8) is 0 Å². The predicted molar refractivity (Wildman–Crippen MR) is 45.3 cm³/mol. The Morgan fingerprint density at radius 3 is 2.83 bits per heavy atom. The maximum atomic E-state index is 10.9. The van der Waals surface area contributed by atoms with Crippen molar-refractivity contribution in [1.82, 2.24) is 5.32 Å². The summed E-state index contributed by atoms with van der Waals surface area (Å²) < 4.78 is 4.40. The lowest BCUT2D eigenvalue weighted by atomic mass is 10.4. The minimum absolute atomic E-state index is 0.0739. The van der Waals surface area contributed by atoms with Gasteiger partial charge in [-0.1, -0.05) is 11.8 Å². The van der Waals surface area contributed by atoms with Crippen LogP contribution in [0.15, 0.2) is 11.1 Å². The molecule has 1 N–H and O–H groups in total. The van der Waals surface area contributed by atoms with Gasteiger partial charge in [-0.25, -0.2) is 4.79 Å². The highest BCUT2D eigenvalue weighted by molar-refractivity contribution is 8.04. The zero-order valence-electron chi connectivity index (χ0n) is 6.79. The molecule has 1 fully saturated rings. The van der Waals surface area contributed by atoms with E-state index in [1.165, 1.54) is 24.9 Å². The zero-order chi connectivity index (χ0) is 9.14. The van der Waals surface area contributed by atoms with Gasteiger partial charge in [-0.15, -0.1) is 0 Å². The summed E-state index contributed by atoms with van der Waals surface area (Å²) in [7, 11) is 1.30. The Hall–Kier alpha value is -0.970. The normalized spacial score (nSPS) is 25.7. The molecule has 5 heteroatoms. The third-order valence-electron chi connectivity index (χ3n) is 1.37. The molecule has 0 spiro atoms. The highest BCUT2D eigenvalue weighted by Gasteiger charge is 2.24.